The predicted molar refractivity (Wildman–Crippen MR) is 168 cm³/mol. The Balaban J connectivity index is 1.26. The zero-order valence-electron chi connectivity index (χ0n) is 24.2. The number of benzene rings is 3. The number of nitrogens with zero attached hydrogens (tertiary/aromatic N) is 2. The van der Waals surface area contributed by atoms with E-state index in [9.17, 15) is 13.2 Å². The SMILES string of the molecule is O=C(NCCCN1CCOCC1)c1cc(NS(=O)(=O)Cc2ccccc2)ccc1N1CCC(Cc2ccccc2)CC1. The molecule has 8 nitrogen and oxygen atoms in total. The number of rotatable bonds is 12. The van der Waals surface area contributed by atoms with Crippen molar-refractivity contribution in [3.8, 4) is 0 Å². The molecule has 0 aliphatic carbocycles. The zero-order valence-corrected chi connectivity index (χ0v) is 25.0. The van der Waals surface area contributed by atoms with Gasteiger partial charge in [-0.3, -0.25) is 14.4 Å². The highest BCUT2D eigenvalue weighted by Crippen LogP contribution is 2.30. The molecule has 3 aromatic rings. The molecule has 2 aliphatic heterocycles. The molecule has 2 heterocycles. The Kier molecular flexibility index (Phi) is 10.5. The van der Waals surface area contributed by atoms with Crippen LogP contribution in [0.4, 0.5) is 11.4 Å². The second kappa shape index (κ2) is 14.7. The number of sulfonamides is 1. The first-order valence-electron chi connectivity index (χ1n) is 15.0. The maximum atomic E-state index is 13.5. The summed E-state index contributed by atoms with van der Waals surface area (Å²) in [5, 5.41) is 3.09. The zero-order chi connectivity index (χ0) is 29.2. The number of piperidine rings is 1. The van der Waals surface area contributed by atoms with Gasteiger partial charge in [0.25, 0.3) is 5.91 Å². The number of ether oxygens (including phenoxy) is 1. The summed E-state index contributed by atoms with van der Waals surface area (Å²) in [5.74, 6) is 0.292. The van der Waals surface area contributed by atoms with E-state index < -0.39 is 10.0 Å². The molecule has 42 heavy (non-hydrogen) atoms. The molecule has 0 radical (unpaired) electrons. The van der Waals surface area contributed by atoms with Gasteiger partial charge in [-0.05, 0) is 67.5 Å². The smallest absolute Gasteiger partial charge is 0.253 e. The number of amides is 1. The van der Waals surface area contributed by atoms with Gasteiger partial charge in [0.15, 0.2) is 0 Å². The molecule has 0 aromatic heterocycles. The Morgan fingerprint density at radius 3 is 2.21 bits per heavy atom. The Morgan fingerprint density at radius 2 is 1.52 bits per heavy atom. The molecule has 0 bridgehead atoms. The van der Waals surface area contributed by atoms with Crippen LogP contribution in [-0.4, -0.2) is 71.7 Å². The minimum atomic E-state index is -3.65. The third kappa shape index (κ3) is 8.80. The third-order valence-electron chi connectivity index (χ3n) is 8.08. The van der Waals surface area contributed by atoms with E-state index in [0.717, 1.165) is 77.3 Å². The van der Waals surface area contributed by atoms with Crippen molar-refractivity contribution in [3.63, 3.8) is 0 Å². The summed E-state index contributed by atoms with van der Waals surface area (Å²) in [6, 6.07) is 25.0. The fourth-order valence-electron chi connectivity index (χ4n) is 5.82. The van der Waals surface area contributed by atoms with E-state index in [4.69, 9.17) is 4.74 Å². The molecule has 2 fully saturated rings. The van der Waals surface area contributed by atoms with Gasteiger partial charge in [0.05, 0.1) is 24.5 Å². The minimum absolute atomic E-state index is 0.131. The molecule has 0 unspecified atom stereocenters. The van der Waals surface area contributed by atoms with Crippen LogP contribution < -0.4 is 14.9 Å². The lowest BCUT2D eigenvalue weighted by atomic mass is 9.89. The van der Waals surface area contributed by atoms with E-state index in [2.05, 4.69) is 44.1 Å². The van der Waals surface area contributed by atoms with E-state index in [1.807, 2.05) is 30.3 Å². The standard InChI is InChI=1S/C33H42N4O4S/c38-33(34-16-7-17-36-20-22-41-23-21-36)31-25-30(35-42(39,40)26-29-10-5-2-6-11-29)12-13-32(31)37-18-14-28(15-19-37)24-27-8-3-1-4-9-27/h1-6,8-13,25,28,35H,7,14-24,26H2,(H,34,38). The van der Waals surface area contributed by atoms with Gasteiger partial charge in [0.2, 0.25) is 10.0 Å². The van der Waals surface area contributed by atoms with Crippen LogP contribution in [-0.2, 0) is 26.9 Å². The molecule has 9 heteroatoms. The van der Waals surface area contributed by atoms with Crippen molar-refractivity contribution in [1.29, 1.82) is 0 Å². The molecule has 1 amide bonds. The van der Waals surface area contributed by atoms with E-state index >= 15 is 0 Å². The van der Waals surface area contributed by atoms with E-state index in [0.29, 0.717) is 29.3 Å². The summed E-state index contributed by atoms with van der Waals surface area (Å²) < 4.78 is 34.0. The highest BCUT2D eigenvalue weighted by molar-refractivity contribution is 7.91. The number of nitrogens with one attached hydrogen (secondary N) is 2. The molecule has 2 aliphatic rings. The van der Waals surface area contributed by atoms with Crippen LogP contribution in [0.5, 0.6) is 0 Å². The summed E-state index contributed by atoms with van der Waals surface area (Å²) >= 11 is 0. The molecule has 2 N–H and O–H groups in total. The van der Waals surface area contributed by atoms with Crippen LogP contribution in [0.2, 0.25) is 0 Å². The van der Waals surface area contributed by atoms with Crippen molar-refractivity contribution in [2.75, 3.05) is 62.1 Å². The van der Waals surface area contributed by atoms with Gasteiger partial charge in [-0.15, -0.1) is 0 Å². The number of carbonyl (C=O) groups excluding carboxylic acids is 1. The first kappa shape index (κ1) is 30.1. The number of hydrogen-bond acceptors (Lipinski definition) is 6. The van der Waals surface area contributed by atoms with Crippen molar-refractivity contribution >= 4 is 27.3 Å². The Labute approximate surface area is 250 Å². The second-order valence-electron chi connectivity index (χ2n) is 11.3. The molecule has 0 spiro atoms. The van der Waals surface area contributed by atoms with Crippen molar-refractivity contribution < 1.29 is 17.9 Å². The van der Waals surface area contributed by atoms with Crippen molar-refractivity contribution in [3.05, 3.63) is 95.6 Å². The lowest BCUT2D eigenvalue weighted by molar-refractivity contribution is 0.0374. The molecule has 0 atom stereocenters. The van der Waals surface area contributed by atoms with Crippen LogP contribution in [0, 0.1) is 5.92 Å². The molecule has 0 saturated carbocycles. The van der Waals surface area contributed by atoms with Crippen LogP contribution >= 0.6 is 0 Å². The highest BCUT2D eigenvalue weighted by atomic mass is 32.2. The first-order valence-corrected chi connectivity index (χ1v) is 16.7. The average Bonchev–Trinajstić information content (AvgIpc) is 3.01. The number of anilines is 2. The summed E-state index contributed by atoms with van der Waals surface area (Å²) in [5.41, 5.74) is 3.82. The van der Waals surface area contributed by atoms with Crippen molar-refractivity contribution in [1.82, 2.24) is 10.2 Å². The number of carbonyl (C=O) groups is 1. The Bertz CT molecular complexity index is 1390. The van der Waals surface area contributed by atoms with Gasteiger partial charge < -0.3 is 15.0 Å². The fourth-order valence-corrected chi connectivity index (χ4v) is 7.01. The van der Waals surface area contributed by atoms with Gasteiger partial charge in [0, 0.05) is 44.1 Å². The maximum Gasteiger partial charge on any atom is 0.253 e. The van der Waals surface area contributed by atoms with E-state index in [-0.39, 0.29) is 11.7 Å². The summed E-state index contributed by atoms with van der Waals surface area (Å²) in [7, 11) is -3.65. The van der Waals surface area contributed by atoms with E-state index in [1.54, 1.807) is 24.3 Å². The van der Waals surface area contributed by atoms with Gasteiger partial charge >= 0.3 is 0 Å². The lowest BCUT2D eigenvalue weighted by Gasteiger charge is -2.35. The second-order valence-corrected chi connectivity index (χ2v) is 13.0. The lowest BCUT2D eigenvalue weighted by Crippen LogP contribution is -2.38. The third-order valence-corrected chi connectivity index (χ3v) is 9.34. The monoisotopic (exact) mass is 590 g/mol. The highest BCUT2D eigenvalue weighted by Gasteiger charge is 2.24. The Morgan fingerprint density at radius 1 is 0.857 bits per heavy atom. The van der Waals surface area contributed by atoms with Crippen LogP contribution in [0.25, 0.3) is 0 Å². The summed E-state index contributed by atoms with van der Waals surface area (Å²) in [6.45, 7) is 6.52. The van der Waals surface area contributed by atoms with Gasteiger partial charge in [-0.25, -0.2) is 8.42 Å². The largest absolute Gasteiger partial charge is 0.379 e. The topological polar surface area (TPSA) is 91.0 Å². The molecule has 5 rings (SSSR count). The van der Waals surface area contributed by atoms with Gasteiger partial charge in [-0.1, -0.05) is 60.7 Å². The van der Waals surface area contributed by atoms with Crippen molar-refractivity contribution in [2.45, 2.75) is 31.4 Å². The van der Waals surface area contributed by atoms with Gasteiger partial charge in [-0.2, -0.15) is 0 Å². The van der Waals surface area contributed by atoms with Crippen LogP contribution in [0.1, 0.15) is 40.7 Å². The molecule has 224 valence electrons. The minimum Gasteiger partial charge on any atom is -0.379 e. The molecule has 2 saturated heterocycles. The van der Waals surface area contributed by atoms with E-state index in [1.165, 1.54) is 5.56 Å². The van der Waals surface area contributed by atoms with Crippen LogP contribution in [0.3, 0.4) is 0 Å². The molecular weight excluding hydrogens is 548 g/mol. The predicted octanol–water partition coefficient (Wildman–Crippen LogP) is 4.54. The normalized spacial score (nSPS) is 16.7. The number of morpholine rings is 1. The average molecular weight is 591 g/mol. The van der Waals surface area contributed by atoms with Crippen molar-refractivity contribution in [2.24, 2.45) is 5.92 Å². The maximum absolute atomic E-state index is 13.5. The summed E-state index contributed by atoms with van der Waals surface area (Å²) in [6.07, 6.45) is 3.99. The molecule has 3 aromatic carbocycles. The van der Waals surface area contributed by atoms with Gasteiger partial charge in [0.1, 0.15) is 0 Å². The first-order chi connectivity index (χ1) is 20.4. The fraction of sp³-hybridized carbons (Fsp3) is 0.424. The Hall–Kier alpha value is -3.40. The quantitative estimate of drug-likeness (QED) is 0.301. The molecular formula is C33H42N4O4S. The van der Waals surface area contributed by atoms with Crippen LogP contribution in [0.15, 0.2) is 78.9 Å². The number of hydrogen-bond donors (Lipinski definition) is 2. The summed E-state index contributed by atoms with van der Waals surface area (Å²) in [4.78, 5) is 18.1.